The van der Waals surface area contributed by atoms with Crippen LogP contribution in [0.25, 0.3) is 0 Å². The maximum atomic E-state index is 5.81. The van der Waals surface area contributed by atoms with Gasteiger partial charge in [-0.05, 0) is 23.0 Å². The maximum Gasteiger partial charge on any atom is 0.0462 e. The molecular formula is C18H32N2. The maximum absolute atomic E-state index is 5.81. The molecule has 1 aromatic carbocycles. The summed E-state index contributed by atoms with van der Waals surface area (Å²) in [6.45, 7) is 9.05. The molecule has 2 heteroatoms. The summed E-state index contributed by atoms with van der Waals surface area (Å²) in [4.78, 5) is 0. The minimum Gasteiger partial charge on any atom is -0.271 e. The van der Waals surface area contributed by atoms with Crippen LogP contribution >= 0.6 is 0 Å². The van der Waals surface area contributed by atoms with E-state index in [9.17, 15) is 0 Å². The van der Waals surface area contributed by atoms with E-state index in [0.717, 1.165) is 6.42 Å². The molecule has 0 spiro atoms. The molecule has 1 unspecified atom stereocenters. The second-order valence-corrected chi connectivity index (χ2v) is 6.76. The number of rotatable bonds is 8. The molecule has 0 saturated carbocycles. The highest BCUT2D eigenvalue weighted by Gasteiger charge is 2.21. The van der Waals surface area contributed by atoms with Crippen molar-refractivity contribution in [3.8, 4) is 0 Å². The fourth-order valence-electron chi connectivity index (χ4n) is 2.76. The molecular weight excluding hydrogens is 244 g/mol. The van der Waals surface area contributed by atoms with Crippen LogP contribution in [0.2, 0.25) is 0 Å². The van der Waals surface area contributed by atoms with E-state index in [1.807, 2.05) is 0 Å². The van der Waals surface area contributed by atoms with E-state index < -0.39 is 0 Å². The lowest BCUT2D eigenvalue weighted by Crippen LogP contribution is -2.30. The zero-order valence-electron chi connectivity index (χ0n) is 13.7. The molecule has 0 radical (unpaired) electrons. The zero-order chi connectivity index (χ0) is 15.0. The average molecular weight is 276 g/mol. The van der Waals surface area contributed by atoms with Gasteiger partial charge in [0.05, 0.1) is 0 Å². The SMILES string of the molecule is CCCCCCCC(NN)c1ccccc1C(C)(C)C. The van der Waals surface area contributed by atoms with Gasteiger partial charge in [0.15, 0.2) is 0 Å². The predicted molar refractivity (Wildman–Crippen MR) is 88.6 cm³/mol. The molecule has 0 heterocycles. The van der Waals surface area contributed by atoms with Gasteiger partial charge in [0, 0.05) is 6.04 Å². The van der Waals surface area contributed by atoms with Gasteiger partial charge in [0.25, 0.3) is 0 Å². The molecule has 0 aliphatic heterocycles. The van der Waals surface area contributed by atoms with Gasteiger partial charge in [0.1, 0.15) is 0 Å². The molecule has 0 aromatic heterocycles. The van der Waals surface area contributed by atoms with E-state index in [1.54, 1.807) is 0 Å². The first kappa shape index (κ1) is 17.2. The molecule has 0 fully saturated rings. The molecule has 1 rings (SSSR count). The highest BCUT2D eigenvalue weighted by Crippen LogP contribution is 2.31. The van der Waals surface area contributed by atoms with Crippen LogP contribution in [0.4, 0.5) is 0 Å². The lowest BCUT2D eigenvalue weighted by atomic mass is 9.81. The zero-order valence-corrected chi connectivity index (χ0v) is 13.7. The summed E-state index contributed by atoms with van der Waals surface area (Å²) in [5.41, 5.74) is 5.94. The third kappa shape index (κ3) is 5.26. The first-order valence-corrected chi connectivity index (χ1v) is 8.06. The quantitative estimate of drug-likeness (QED) is 0.405. The number of unbranched alkanes of at least 4 members (excludes halogenated alkanes) is 4. The van der Waals surface area contributed by atoms with E-state index in [1.165, 1.54) is 43.2 Å². The first-order chi connectivity index (χ1) is 9.50. The van der Waals surface area contributed by atoms with Crippen LogP contribution in [-0.4, -0.2) is 0 Å². The van der Waals surface area contributed by atoms with Crippen molar-refractivity contribution in [2.24, 2.45) is 5.84 Å². The molecule has 1 atom stereocenters. The third-order valence-corrected chi connectivity index (χ3v) is 3.94. The number of hydrogen-bond acceptors (Lipinski definition) is 2. The number of hydrazine groups is 1. The molecule has 20 heavy (non-hydrogen) atoms. The summed E-state index contributed by atoms with van der Waals surface area (Å²) < 4.78 is 0. The summed E-state index contributed by atoms with van der Waals surface area (Å²) in [5.74, 6) is 5.81. The minimum absolute atomic E-state index is 0.161. The third-order valence-electron chi connectivity index (χ3n) is 3.94. The fourth-order valence-corrected chi connectivity index (χ4v) is 2.76. The Morgan fingerprint density at radius 1 is 1.05 bits per heavy atom. The Labute approximate surface area is 125 Å². The first-order valence-electron chi connectivity index (χ1n) is 8.06. The second-order valence-electron chi connectivity index (χ2n) is 6.76. The monoisotopic (exact) mass is 276 g/mol. The Morgan fingerprint density at radius 3 is 2.30 bits per heavy atom. The van der Waals surface area contributed by atoms with E-state index in [-0.39, 0.29) is 11.5 Å². The molecule has 0 aliphatic rings. The lowest BCUT2D eigenvalue weighted by Gasteiger charge is -2.27. The van der Waals surface area contributed by atoms with Crippen molar-refractivity contribution in [2.45, 2.75) is 77.7 Å². The Hall–Kier alpha value is -0.860. The van der Waals surface area contributed by atoms with Crippen LogP contribution in [-0.2, 0) is 5.41 Å². The van der Waals surface area contributed by atoms with Crippen LogP contribution in [0.5, 0.6) is 0 Å². The number of nitrogens with two attached hydrogens (primary N) is 1. The lowest BCUT2D eigenvalue weighted by molar-refractivity contribution is 0.465. The van der Waals surface area contributed by atoms with Gasteiger partial charge in [0.2, 0.25) is 0 Å². The van der Waals surface area contributed by atoms with Gasteiger partial charge >= 0.3 is 0 Å². The Morgan fingerprint density at radius 2 is 1.70 bits per heavy atom. The standard InChI is InChI=1S/C18H32N2/c1-5-6-7-8-9-14-17(20-19)15-12-10-11-13-16(15)18(2,3)4/h10-13,17,20H,5-9,14,19H2,1-4H3. The van der Waals surface area contributed by atoms with Crippen LogP contribution in [0.3, 0.4) is 0 Å². The molecule has 0 bridgehead atoms. The van der Waals surface area contributed by atoms with Crippen molar-refractivity contribution in [1.29, 1.82) is 0 Å². The van der Waals surface area contributed by atoms with Crippen LogP contribution in [0.15, 0.2) is 24.3 Å². The Bertz CT molecular complexity index is 379. The summed E-state index contributed by atoms with van der Waals surface area (Å²) >= 11 is 0. The number of nitrogens with one attached hydrogen (secondary N) is 1. The molecule has 114 valence electrons. The van der Waals surface area contributed by atoms with Crippen molar-refractivity contribution < 1.29 is 0 Å². The van der Waals surface area contributed by atoms with Gasteiger partial charge in [-0.15, -0.1) is 0 Å². The largest absolute Gasteiger partial charge is 0.271 e. The van der Waals surface area contributed by atoms with E-state index in [2.05, 4.69) is 57.4 Å². The molecule has 1 aromatic rings. The second kappa shape index (κ2) is 8.43. The summed E-state index contributed by atoms with van der Waals surface area (Å²) in [5, 5.41) is 0. The normalized spacial score (nSPS) is 13.4. The van der Waals surface area contributed by atoms with Crippen LogP contribution < -0.4 is 11.3 Å². The minimum atomic E-state index is 0.161. The van der Waals surface area contributed by atoms with Gasteiger partial charge in [-0.1, -0.05) is 84.1 Å². The van der Waals surface area contributed by atoms with Crippen molar-refractivity contribution in [3.05, 3.63) is 35.4 Å². The predicted octanol–water partition coefficient (Wildman–Crippen LogP) is 4.85. The topological polar surface area (TPSA) is 38.0 Å². The highest BCUT2D eigenvalue weighted by molar-refractivity contribution is 5.35. The Balaban J connectivity index is 2.70. The fraction of sp³-hybridized carbons (Fsp3) is 0.667. The van der Waals surface area contributed by atoms with Gasteiger partial charge < -0.3 is 0 Å². The average Bonchev–Trinajstić information content (AvgIpc) is 2.42. The van der Waals surface area contributed by atoms with Crippen molar-refractivity contribution >= 4 is 0 Å². The molecule has 0 aliphatic carbocycles. The summed E-state index contributed by atoms with van der Waals surface area (Å²) in [7, 11) is 0. The van der Waals surface area contributed by atoms with Crippen molar-refractivity contribution in [3.63, 3.8) is 0 Å². The van der Waals surface area contributed by atoms with Gasteiger partial charge in [-0.3, -0.25) is 11.3 Å². The van der Waals surface area contributed by atoms with E-state index in [0.29, 0.717) is 0 Å². The van der Waals surface area contributed by atoms with E-state index in [4.69, 9.17) is 5.84 Å². The van der Waals surface area contributed by atoms with Crippen molar-refractivity contribution in [2.75, 3.05) is 0 Å². The van der Waals surface area contributed by atoms with Gasteiger partial charge in [-0.25, -0.2) is 0 Å². The Kier molecular flexibility index (Phi) is 7.25. The van der Waals surface area contributed by atoms with Crippen LogP contribution in [0, 0.1) is 0 Å². The smallest absolute Gasteiger partial charge is 0.0462 e. The number of benzene rings is 1. The molecule has 0 saturated heterocycles. The molecule has 0 amide bonds. The molecule has 2 nitrogen and oxygen atoms in total. The number of hydrogen-bond donors (Lipinski definition) is 2. The molecule has 3 N–H and O–H groups in total. The summed E-state index contributed by atoms with van der Waals surface area (Å²) in [6.07, 6.45) is 7.66. The van der Waals surface area contributed by atoms with Gasteiger partial charge in [-0.2, -0.15) is 0 Å². The highest BCUT2D eigenvalue weighted by atomic mass is 15.2. The van der Waals surface area contributed by atoms with E-state index >= 15 is 0 Å². The van der Waals surface area contributed by atoms with Crippen molar-refractivity contribution in [1.82, 2.24) is 5.43 Å². The summed E-state index contributed by atoms with van der Waals surface area (Å²) in [6, 6.07) is 8.96. The van der Waals surface area contributed by atoms with Crippen LogP contribution in [0.1, 0.15) is 83.4 Å².